The van der Waals surface area contributed by atoms with Crippen LogP contribution < -0.4 is 0 Å². The van der Waals surface area contributed by atoms with E-state index in [0.29, 0.717) is 18.9 Å². The predicted molar refractivity (Wildman–Crippen MR) is 45.3 cm³/mol. The Bertz CT molecular complexity index is 106. The highest BCUT2D eigenvalue weighted by atomic mass is 16.5. The molecule has 0 aromatic heterocycles. The van der Waals surface area contributed by atoms with Gasteiger partial charge in [-0.3, -0.25) is 4.79 Å². The lowest BCUT2D eigenvalue weighted by Gasteiger charge is -2.11. The first kappa shape index (κ1) is 10.5. The summed E-state index contributed by atoms with van der Waals surface area (Å²) < 4.78 is 5.00. The molecule has 0 aliphatic carbocycles. The molecule has 0 aliphatic rings. The third-order valence-corrected chi connectivity index (χ3v) is 1.92. The fourth-order valence-corrected chi connectivity index (χ4v) is 0.837. The molecule has 0 amide bonds. The number of hydrogen-bond acceptors (Lipinski definition) is 2. The highest BCUT2D eigenvalue weighted by molar-refractivity contribution is 5.68. The van der Waals surface area contributed by atoms with E-state index in [9.17, 15) is 4.79 Å². The molecule has 0 fully saturated rings. The van der Waals surface area contributed by atoms with Gasteiger partial charge >= 0.3 is 5.97 Å². The first-order valence-electron chi connectivity index (χ1n) is 4.40. The Kier molecular flexibility index (Phi) is 5.90. The van der Waals surface area contributed by atoms with E-state index in [1.54, 1.807) is 0 Å². The van der Waals surface area contributed by atoms with Crippen molar-refractivity contribution in [2.24, 2.45) is 5.92 Å². The van der Waals surface area contributed by atoms with Gasteiger partial charge in [0.2, 0.25) is 0 Å². The molecule has 11 heavy (non-hydrogen) atoms. The summed E-state index contributed by atoms with van der Waals surface area (Å²) in [6.45, 7) is 6.65. The second-order valence-electron chi connectivity index (χ2n) is 2.72. The van der Waals surface area contributed by atoms with E-state index in [1.165, 1.54) is 0 Å². The molecule has 0 radical (unpaired) electrons. The first-order valence-corrected chi connectivity index (χ1v) is 4.40. The summed E-state index contributed by atoms with van der Waals surface area (Å²) >= 11 is 0. The number of carbonyl (C=O) groups excluding carboxylic acids is 1. The molecule has 0 heterocycles. The molecule has 0 saturated heterocycles. The third kappa shape index (κ3) is 4.82. The average molecular weight is 158 g/mol. The van der Waals surface area contributed by atoms with Gasteiger partial charge in [-0.2, -0.15) is 0 Å². The first-order chi connectivity index (χ1) is 5.24. The minimum absolute atomic E-state index is 0.0862. The van der Waals surface area contributed by atoms with Crippen molar-refractivity contribution < 1.29 is 9.53 Å². The Morgan fingerprint density at radius 3 is 2.18 bits per heavy atom. The fraction of sp³-hybridized carbons (Fsp3) is 0.889. The molecule has 0 unspecified atom stereocenters. The van der Waals surface area contributed by atoms with Gasteiger partial charge in [0.25, 0.3) is 0 Å². The van der Waals surface area contributed by atoms with Gasteiger partial charge in [0.05, 0.1) is 6.61 Å². The highest BCUT2D eigenvalue weighted by Crippen LogP contribution is 2.07. The van der Waals surface area contributed by atoms with E-state index in [0.717, 1.165) is 12.8 Å². The summed E-state index contributed by atoms with van der Waals surface area (Å²) in [5.74, 6) is 0.461. The molecule has 0 spiro atoms. The molecule has 2 nitrogen and oxygen atoms in total. The van der Waals surface area contributed by atoms with E-state index in [-0.39, 0.29) is 5.97 Å². The SMILES string of the molecule is CCC(=O)OCC(CC)CC. The van der Waals surface area contributed by atoms with Gasteiger partial charge in [-0.05, 0) is 5.92 Å². The lowest BCUT2D eigenvalue weighted by atomic mass is 10.1. The normalized spacial score (nSPS) is 10.2. The van der Waals surface area contributed by atoms with Crippen molar-refractivity contribution in [3.8, 4) is 0 Å². The van der Waals surface area contributed by atoms with Crippen LogP contribution in [0.5, 0.6) is 0 Å². The molecule has 0 saturated carbocycles. The number of rotatable bonds is 5. The Morgan fingerprint density at radius 2 is 1.82 bits per heavy atom. The van der Waals surface area contributed by atoms with Crippen LogP contribution in [0.1, 0.15) is 40.0 Å². The molecule has 0 bridgehead atoms. The Morgan fingerprint density at radius 1 is 1.27 bits per heavy atom. The zero-order valence-electron chi connectivity index (χ0n) is 7.72. The summed E-state index contributed by atoms with van der Waals surface area (Å²) in [5.41, 5.74) is 0. The molecular formula is C9H18O2. The zero-order valence-corrected chi connectivity index (χ0v) is 7.72. The quantitative estimate of drug-likeness (QED) is 0.574. The summed E-state index contributed by atoms with van der Waals surface area (Å²) in [4.78, 5) is 10.7. The van der Waals surface area contributed by atoms with Crippen LogP contribution in [-0.2, 0) is 9.53 Å². The maximum Gasteiger partial charge on any atom is 0.305 e. The monoisotopic (exact) mass is 158 g/mol. The van der Waals surface area contributed by atoms with E-state index in [1.807, 2.05) is 6.92 Å². The van der Waals surface area contributed by atoms with E-state index >= 15 is 0 Å². The molecular weight excluding hydrogens is 140 g/mol. The molecule has 0 N–H and O–H groups in total. The van der Waals surface area contributed by atoms with Crippen LogP contribution in [-0.4, -0.2) is 12.6 Å². The third-order valence-electron chi connectivity index (χ3n) is 1.92. The Balaban J connectivity index is 3.42. The standard InChI is InChI=1S/C9H18O2/c1-4-8(5-2)7-11-9(10)6-3/h8H,4-7H2,1-3H3. The van der Waals surface area contributed by atoms with Crippen molar-refractivity contribution in [1.82, 2.24) is 0 Å². The zero-order chi connectivity index (χ0) is 8.69. The van der Waals surface area contributed by atoms with Gasteiger partial charge in [-0.15, -0.1) is 0 Å². The van der Waals surface area contributed by atoms with Crippen LogP contribution in [0, 0.1) is 5.92 Å². The average Bonchev–Trinajstić information content (AvgIpc) is 2.06. The van der Waals surface area contributed by atoms with E-state index < -0.39 is 0 Å². The predicted octanol–water partition coefficient (Wildman–Crippen LogP) is 2.38. The molecule has 2 heteroatoms. The van der Waals surface area contributed by atoms with Crippen molar-refractivity contribution in [2.45, 2.75) is 40.0 Å². The maximum atomic E-state index is 10.7. The van der Waals surface area contributed by atoms with Gasteiger partial charge in [-0.1, -0.05) is 33.6 Å². The van der Waals surface area contributed by atoms with E-state index in [4.69, 9.17) is 4.74 Å². The summed E-state index contributed by atoms with van der Waals surface area (Å²) in [6, 6.07) is 0. The van der Waals surface area contributed by atoms with Crippen LogP contribution in [0.25, 0.3) is 0 Å². The second-order valence-corrected chi connectivity index (χ2v) is 2.72. The summed E-state index contributed by atoms with van der Waals surface area (Å²) in [7, 11) is 0. The summed E-state index contributed by atoms with van der Waals surface area (Å²) in [5, 5.41) is 0. The van der Waals surface area contributed by atoms with Crippen LogP contribution >= 0.6 is 0 Å². The van der Waals surface area contributed by atoms with Crippen molar-refractivity contribution >= 4 is 5.97 Å². The molecule has 0 aliphatic heterocycles. The van der Waals surface area contributed by atoms with Crippen LogP contribution in [0.2, 0.25) is 0 Å². The molecule has 66 valence electrons. The topological polar surface area (TPSA) is 26.3 Å². The minimum Gasteiger partial charge on any atom is -0.465 e. The Labute approximate surface area is 68.9 Å². The highest BCUT2D eigenvalue weighted by Gasteiger charge is 2.05. The van der Waals surface area contributed by atoms with Crippen LogP contribution in [0.15, 0.2) is 0 Å². The van der Waals surface area contributed by atoms with E-state index in [2.05, 4.69) is 13.8 Å². The maximum absolute atomic E-state index is 10.7. The largest absolute Gasteiger partial charge is 0.465 e. The van der Waals surface area contributed by atoms with Crippen LogP contribution in [0.3, 0.4) is 0 Å². The van der Waals surface area contributed by atoms with Gasteiger partial charge in [0.15, 0.2) is 0 Å². The van der Waals surface area contributed by atoms with Crippen LogP contribution in [0.4, 0.5) is 0 Å². The number of ether oxygens (including phenoxy) is 1. The minimum atomic E-state index is -0.0862. The fourth-order valence-electron chi connectivity index (χ4n) is 0.837. The smallest absolute Gasteiger partial charge is 0.305 e. The number of hydrogen-bond donors (Lipinski definition) is 0. The molecule has 0 rings (SSSR count). The lowest BCUT2D eigenvalue weighted by molar-refractivity contribution is -0.144. The number of esters is 1. The van der Waals surface area contributed by atoms with Crippen molar-refractivity contribution in [2.75, 3.05) is 6.61 Å². The van der Waals surface area contributed by atoms with Gasteiger partial charge in [-0.25, -0.2) is 0 Å². The number of carbonyl (C=O) groups is 1. The van der Waals surface area contributed by atoms with Crippen molar-refractivity contribution in [3.05, 3.63) is 0 Å². The van der Waals surface area contributed by atoms with Crippen molar-refractivity contribution in [3.63, 3.8) is 0 Å². The molecule has 0 atom stereocenters. The summed E-state index contributed by atoms with van der Waals surface area (Å²) in [6.07, 6.45) is 2.67. The Hall–Kier alpha value is -0.530. The van der Waals surface area contributed by atoms with Gasteiger partial charge < -0.3 is 4.74 Å². The lowest BCUT2D eigenvalue weighted by Crippen LogP contribution is -2.11. The second kappa shape index (κ2) is 6.20. The molecule has 0 aromatic carbocycles. The van der Waals surface area contributed by atoms with Gasteiger partial charge in [0, 0.05) is 6.42 Å². The van der Waals surface area contributed by atoms with Gasteiger partial charge in [0.1, 0.15) is 0 Å². The van der Waals surface area contributed by atoms with Crippen molar-refractivity contribution in [1.29, 1.82) is 0 Å². The molecule has 0 aromatic rings.